The van der Waals surface area contributed by atoms with Crippen LogP contribution in [0.25, 0.3) is 0 Å². The number of carbonyl (C=O) groups is 2. The van der Waals surface area contributed by atoms with Crippen LogP contribution in [-0.2, 0) is 4.79 Å². The van der Waals surface area contributed by atoms with Gasteiger partial charge >= 0.3 is 0 Å². The molecule has 8 heteroatoms. The number of piperidine rings is 2. The van der Waals surface area contributed by atoms with E-state index in [0.717, 1.165) is 37.7 Å². The summed E-state index contributed by atoms with van der Waals surface area (Å²) >= 11 is 0. The highest BCUT2D eigenvalue weighted by Crippen LogP contribution is 2.33. The molecule has 3 fully saturated rings. The van der Waals surface area contributed by atoms with Crippen LogP contribution in [0.5, 0.6) is 0 Å². The molecule has 2 saturated heterocycles. The summed E-state index contributed by atoms with van der Waals surface area (Å²) in [5, 5.41) is 3.28. The number of likely N-dealkylation sites (tertiary alicyclic amines) is 1. The number of benzene rings is 1. The standard InChI is InChI=1S/C30H40N6O2/c1-2-26(37)18-21-6-5-15-36(20-21)27-19-32-28(29(31)38)30(34-27)33-24-11-9-22(10-12-24)23-13-16-35(17-14-23)25-7-3-4-8-25/h2,9-12,19,21,23,25H,1,3-8,13-18,20H2,(H2,31,38)(H,33,34)/t21-/m0/s1. The predicted octanol–water partition coefficient (Wildman–Crippen LogP) is 4.80. The number of ketones is 1. The first-order valence-corrected chi connectivity index (χ1v) is 14.2. The summed E-state index contributed by atoms with van der Waals surface area (Å²) < 4.78 is 0. The van der Waals surface area contributed by atoms with Crippen molar-refractivity contribution in [3.05, 3.63) is 54.4 Å². The van der Waals surface area contributed by atoms with Gasteiger partial charge in [-0.2, -0.15) is 0 Å². The fourth-order valence-corrected chi connectivity index (χ4v) is 6.45. The van der Waals surface area contributed by atoms with Gasteiger partial charge in [0.05, 0.1) is 6.20 Å². The number of hydrogen-bond acceptors (Lipinski definition) is 7. The largest absolute Gasteiger partial charge is 0.364 e. The van der Waals surface area contributed by atoms with Crippen LogP contribution in [0, 0.1) is 5.92 Å². The molecule has 2 aromatic rings. The van der Waals surface area contributed by atoms with Crippen LogP contribution < -0.4 is 16.0 Å². The lowest BCUT2D eigenvalue weighted by Gasteiger charge is -2.36. The molecule has 38 heavy (non-hydrogen) atoms. The van der Waals surface area contributed by atoms with E-state index in [1.54, 1.807) is 6.20 Å². The number of nitrogens with two attached hydrogens (primary N) is 1. The number of rotatable bonds is 9. The quantitative estimate of drug-likeness (QED) is 0.461. The van der Waals surface area contributed by atoms with Gasteiger partial charge in [0.25, 0.3) is 5.91 Å². The molecule has 3 aliphatic rings. The molecular weight excluding hydrogens is 476 g/mol. The molecule has 0 spiro atoms. The van der Waals surface area contributed by atoms with Crippen LogP contribution in [-0.4, -0.2) is 58.8 Å². The van der Waals surface area contributed by atoms with E-state index >= 15 is 0 Å². The molecule has 0 bridgehead atoms. The Morgan fingerprint density at radius 1 is 1.03 bits per heavy atom. The van der Waals surface area contributed by atoms with Crippen LogP contribution in [0.4, 0.5) is 17.3 Å². The number of anilines is 3. The maximum absolute atomic E-state index is 12.1. The number of primary amides is 1. The highest BCUT2D eigenvalue weighted by atomic mass is 16.1. The number of allylic oxidation sites excluding steroid dienone is 1. The third-order valence-electron chi connectivity index (χ3n) is 8.57. The van der Waals surface area contributed by atoms with E-state index in [1.165, 1.54) is 63.3 Å². The number of hydrogen-bond donors (Lipinski definition) is 2. The summed E-state index contributed by atoms with van der Waals surface area (Å²) in [4.78, 5) is 37.9. The first-order chi connectivity index (χ1) is 18.5. The highest BCUT2D eigenvalue weighted by Gasteiger charge is 2.28. The third-order valence-corrected chi connectivity index (χ3v) is 8.57. The van der Waals surface area contributed by atoms with Crippen molar-refractivity contribution < 1.29 is 9.59 Å². The summed E-state index contributed by atoms with van der Waals surface area (Å²) in [6, 6.07) is 9.28. The molecule has 8 nitrogen and oxygen atoms in total. The summed E-state index contributed by atoms with van der Waals surface area (Å²) in [7, 11) is 0. The fraction of sp³-hybridized carbons (Fsp3) is 0.533. The normalized spacial score (nSPS) is 21.4. The SMILES string of the molecule is C=CC(=O)C[C@@H]1CCCN(c2cnc(C(N)=O)c(Nc3ccc(C4CCN(C5CCCC5)CC4)cc3)n2)C1. The average Bonchev–Trinajstić information content (AvgIpc) is 3.49. The molecule has 0 unspecified atom stereocenters. The molecule has 2 aliphatic heterocycles. The topological polar surface area (TPSA) is 104 Å². The van der Waals surface area contributed by atoms with Gasteiger partial charge in [0, 0.05) is 31.2 Å². The Bertz CT molecular complexity index is 1140. The monoisotopic (exact) mass is 516 g/mol. The first kappa shape index (κ1) is 26.4. The second kappa shape index (κ2) is 12.1. The average molecular weight is 517 g/mol. The van der Waals surface area contributed by atoms with Crippen molar-refractivity contribution >= 4 is 29.0 Å². The number of carbonyl (C=O) groups excluding carboxylic acids is 2. The van der Waals surface area contributed by atoms with Gasteiger partial charge in [0.2, 0.25) is 0 Å². The number of nitrogens with zero attached hydrogens (tertiary/aromatic N) is 4. The lowest BCUT2D eigenvalue weighted by Crippen LogP contribution is -2.39. The molecule has 1 aromatic carbocycles. The number of nitrogens with one attached hydrogen (secondary N) is 1. The molecule has 1 amide bonds. The van der Waals surface area contributed by atoms with E-state index in [2.05, 4.69) is 50.9 Å². The van der Waals surface area contributed by atoms with Crippen LogP contribution in [0.1, 0.15) is 79.8 Å². The molecular formula is C30H40N6O2. The minimum atomic E-state index is -0.620. The minimum Gasteiger partial charge on any atom is -0.364 e. The molecule has 1 saturated carbocycles. The Morgan fingerprint density at radius 2 is 1.76 bits per heavy atom. The van der Waals surface area contributed by atoms with Crippen LogP contribution in [0.3, 0.4) is 0 Å². The molecule has 5 rings (SSSR count). The van der Waals surface area contributed by atoms with E-state index in [9.17, 15) is 9.59 Å². The van der Waals surface area contributed by atoms with Crippen molar-refractivity contribution in [1.29, 1.82) is 0 Å². The van der Waals surface area contributed by atoms with E-state index < -0.39 is 5.91 Å². The van der Waals surface area contributed by atoms with Crippen molar-refractivity contribution in [2.45, 2.75) is 69.7 Å². The highest BCUT2D eigenvalue weighted by molar-refractivity contribution is 5.96. The molecule has 1 aliphatic carbocycles. The Hall–Kier alpha value is -3.26. The lowest BCUT2D eigenvalue weighted by atomic mass is 9.88. The first-order valence-electron chi connectivity index (χ1n) is 14.2. The summed E-state index contributed by atoms with van der Waals surface area (Å²) in [6.45, 7) is 7.53. The van der Waals surface area contributed by atoms with Gasteiger partial charge < -0.3 is 20.9 Å². The van der Waals surface area contributed by atoms with E-state index in [1.807, 2.05) is 0 Å². The fourth-order valence-electron chi connectivity index (χ4n) is 6.45. The van der Waals surface area contributed by atoms with Crippen LogP contribution in [0.2, 0.25) is 0 Å². The summed E-state index contributed by atoms with van der Waals surface area (Å²) in [5.41, 5.74) is 7.95. The minimum absolute atomic E-state index is 0.0668. The summed E-state index contributed by atoms with van der Waals surface area (Å²) in [6.07, 6.45) is 13.4. The Labute approximate surface area is 225 Å². The van der Waals surface area contributed by atoms with E-state index in [0.29, 0.717) is 24.0 Å². The van der Waals surface area contributed by atoms with E-state index in [4.69, 9.17) is 10.7 Å². The molecule has 0 radical (unpaired) electrons. The van der Waals surface area contributed by atoms with Gasteiger partial charge in [0.1, 0.15) is 5.82 Å². The predicted molar refractivity (Wildman–Crippen MR) is 151 cm³/mol. The van der Waals surface area contributed by atoms with E-state index in [-0.39, 0.29) is 17.4 Å². The third kappa shape index (κ3) is 6.23. The Balaban J connectivity index is 1.25. The zero-order valence-electron chi connectivity index (χ0n) is 22.3. The summed E-state index contributed by atoms with van der Waals surface area (Å²) in [5.74, 6) is 1.32. The van der Waals surface area contributed by atoms with Crippen LogP contribution >= 0.6 is 0 Å². The van der Waals surface area contributed by atoms with Gasteiger partial charge in [0.15, 0.2) is 17.3 Å². The van der Waals surface area contributed by atoms with Crippen molar-refractivity contribution in [1.82, 2.24) is 14.9 Å². The molecule has 3 N–H and O–H groups in total. The lowest BCUT2D eigenvalue weighted by molar-refractivity contribution is -0.115. The molecule has 202 valence electrons. The van der Waals surface area contributed by atoms with Crippen molar-refractivity contribution in [3.8, 4) is 0 Å². The number of amides is 1. The van der Waals surface area contributed by atoms with Gasteiger partial charge in [-0.3, -0.25) is 9.59 Å². The maximum Gasteiger partial charge on any atom is 0.271 e. The molecule has 1 atom stereocenters. The molecule has 1 aromatic heterocycles. The van der Waals surface area contributed by atoms with Crippen molar-refractivity contribution in [2.75, 3.05) is 36.4 Å². The molecule has 3 heterocycles. The van der Waals surface area contributed by atoms with Gasteiger partial charge in [-0.15, -0.1) is 0 Å². The van der Waals surface area contributed by atoms with Gasteiger partial charge in [-0.05, 0) is 87.2 Å². The second-order valence-electron chi connectivity index (χ2n) is 11.1. The smallest absolute Gasteiger partial charge is 0.271 e. The zero-order chi connectivity index (χ0) is 26.5. The van der Waals surface area contributed by atoms with Crippen molar-refractivity contribution in [3.63, 3.8) is 0 Å². The number of aromatic nitrogens is 2. The van der Waals surface area contributed by atoms with Crippen molar-refractivity contribution in [2.24, 2.45) is 11.7 Å². The maximum atomic E-state index is 12.1. The second-order valence-corrected chi connectivity index (χ2v) is 11.1. The Morgan fingerprint density at radius 3 is 2.45 bits per heavy atom. The van der Waals surface area contributed by atoms with Gasteiger partial charge in [-0.25, -0.2) is 9.97 Å². The van der Waals surface area contributed by atoms with Crippen LogP contribution in [0.15, 0.2) is 43.1 Å². The Kier molecular flexibility index (Phi) is 8.37. The zero-order valence-corrected chi connectivity index (χ0v) is 22.3. The van der Waals surface area contributed by atoms with Gasteiger partial charge in [-0.1, -0.05) is 31.6 Å².